The molecule has 0 saturated carbocycles. The fourth-order valence-corrected chi connectivity index (χ4v) is 2.34. The second kappa shape index (κ2) is 7.58. The highest BCUT2D eigenvalue weighted by Gasteiger charge is 2.14. The predicted octanol–water partition coefficient (Wildman–Crippen LogP) is 3.28. The summed E-state index contributed by atoms with van der Waals surface area (Å²) in [5, 5.41) is 12.3. The van der Waals surface area contributed by atoms with E-state index in [1.54, 1.807) is 12.1 Å². The topological polar surface area (TPSA) is 39.1 Å². The molecule has 114 valence electrons. The summed E-state index contributed by atoms with van der Waals surface area (Å²) in [6.45, 7) is 0.639. The van der Waals surface area contributed by atoms with E-state index < -0.39 is 5.82 Å². The summed E-state index contributed by atoms with van der Waals surface area (Å²) >= 11 is 0. The van der Waals surface area contributed by atoms with Gasteiger partial charge >= 0.3 is 0 Å². The van der Waals surface area contributed by atoms with Crippen LogP contribution in [0, 0.1) is 17.1 Å². The van der Waals surface area contributed by atoms with E-state index >= 15 is 0 Å². The highest BCUT2D eigenvalue weighted by atomic mass is 19.1. The van der Waals surface area contributed by atoms with Gasteiger partial charge in [0.15, 0.2) is 0 Å². The van der Waals surface area contributed by atoms with Crippen molar-refractivity contribution in [1.29, 1.82) is 5.26 Å². The standard InChI is InChI=1S/C18H20FN3/c1-22(2)15(11-14-7-4-3-5-8-14)13-21-18-10-6-9-17(19)16(18)12-20/h3-10,15,21H,11,13H2,1-2H3. The average molecular weight is 297 g/mol. The van der Waals surface area contributed by atoms with E-state index in [4.69, 9.17) is 5.26 Å². The molecule has 1 unspecified atom stereocenters. The zero-order valence-electron chi connectivity index (χ0n) is 12.9. The Balaban J connectivity index is 2.07. The van der Waals surface area contributed by atoms with Gasteiger partial charge in [0.1, 0.15) is 17.4 Å². The Labute approximate surface area is 131 Å². The van der Waals surface area contributed by atoms with Gasteiger partial charge in [0.25, 0.3) is 0 Å². The molecule has 0 amide bonds. The molecule has 0 saturated heterocycles. The summed E-state index contributed by atoms with van der Waals surface area (Å²) in [5.41, 5.74) is 1.87. The molecule has 4 heteroatoms. The number of likely N-dealkylation sites (N-methyl/N-ethyl adjacent to an activating group) is 1. The van der Waals surface area contributed by atoms with Gasteiger partial charge in [-0.2, -0.15) is 5.26 Å². The lowest BCUT2D eigenvalue weighted by Crippen LogP contribution is -2.36. The van der Waals surface area contributed by atoms with E-state index in [1.165, 1.54) is 11.6 Å². The number of hydrogen-bond acceptors (Lipinski definition) is 3. The van der Waals surface area contributed by atoms with Gasteiger partial charge in [0.05, 0.1) is 5.69 Å². The maximum Gasteiger partial charge on any atom is 0.143 e. The Morgan fingerprint density at radius 2 is 1.86 bits per heavy atom. The molecule has 0 aromatic heterocycles. The minimum absolute atomic E-state index is 0.0692. The minimum atomic E-state index is -0.489. The summed E-state index contributed by atoms with van der Waals surface area (Å²) in [7, 11) is 4.04. The molecule has 2 aromatic carbocycles. The van der Waals surface area contributed by atoms with Gasteiger partial charge in [-0.05, 0) is 38.2 Å². The van der Waals surface area contributed by atoms with Crippen LogP contribution in [-0.4, -0.2) is 31.6 Å². The molecule has 0 spiro atoms. The van der Waals surface area contributed by atoms with E-state index in [0.29, 0.717) is 12.2 Å². The van der Waals surface area contributed by atoms with Crippen LogP contribution in [0.25, 0.3) is 0 Å². The molecule has 22 heavy (non-hydrogen) atoms. The van der Waals surface area contributed by atoms with Gasteiger partial charge < -0.3 is 10.2 Å². The summed E-state index contributed by atoms with van der Waals surface area (Å²) in [6, 6.07) is 17.0. The maximum atomic E-state index is 13.6. The number of rotatable bonds is 6. The van der Waals surface area contributed by atoms with E-state index in [9.17, 15) is 4.39 Å². The Hall–Kier alpha value is -2.38. The van der Waals surface area contributed by atoms with Crippen LogP contribution in [0.1, 0.15) is 11.1 Å². The van der Waals surface area contributed by atoms with Crippen molar-refractivity contribution in [2.45, 2.75) is 12.5 Å². The van der Waals surface area contributed by atoms with Gasteiger partial charge in [-0.1, -0.05) is 36.4 Å². The summed E-state index contributed by atoms with van der Waals surface area (Å²) in [4.78, 5) is 2.13. The Morgan fingerprint density at radius 3 is 2.50 bits per heavy atom. The molecule has 0 bridgehead atoms. The lowest BCUT2D eigenvalue weighted by molar-refractivity contribution is 0.303. The Morgan fingerprint density at radius 1 is 1.14 bits per heavy atom. The van der Waals surface area contributed by atoms with E-state index in [1.807, 2.05) is 38.4 Å². The summed E-state index contributed by atoms with van der Waals surface area (Å²) in [6.07, 6.45) is 0.887. The third-order valence-electron chi connectivity index (χ3n) is 3.70. The first kappa shape index (κ1) is 16.0. The normalized spacial score (nSPS) is 12.0. The van der Waals surface area contributed by atoms with Crippen LogP contribution in [-0.2, 0) is 6.42 Å². The Kier molecular flexibility index (Phi) is 5.51. The second-order valence-electron chi connectivity index (χ2n) is 5.46. The third kappa shape index (κ3) is 4.06. The zero-order chi connectivity index (χ0) is 15.9. The van der Waals surface area contributed by atoms with Gasteiger partial charge in [-0.15, -0.1) is 0 Å². The molecule has 1 N–H and O–H groups in total. The summed E-state index contributed by atoms with van der Waals surface area (Å²) in [5.74, 6) is -0.489. The van der Waals surface area contributed by atoms with Gasteiger partial charge in [0, 0.05) is 12.6 Å². The molecular weight excluding hydrogens is 277 g/mol. The fourth-order valence-electron chi connectivity index (χ4n) is 2.34. The first-order valence-electron chi connectivity index (χ1n) is 7.24. The van der Waals surface area contributed by atoms with Crippen molar-refractivity contribution in [2.24, 2.45) is 0 Å². The van der Waals surface area contributed by atoms with E-state index in [-0.39, 0.29) is 11.6 Å². The van der Waals surface area contributed by atoms with E-state index in [2.05, 4.69) is 22.3 Å². The number of hydrogen-bond donors (Lipinski definition) is 1. The van der Waals surface area contributed by atoms with Gasteiger partial charge in [-0.3, -0.25) is 0 Å². The number of nitrogens with zero attached hydrogens (tertiary/aromatic N) is 2. The monoisotopic (exact) mass is 297 g/mol. The van der Waals surface area contributed by atoms with Crippen LogP contribution in [0.15, 0.2) is 48.5 Å². The van der Waals surface area contributed by atoms with Crippen LogP contribution in [0.5, 0.6) is 0 Å². The van der Waals surface area contributed by atoms with Crippen molar-refractivity contribution in [3.63, 3.8) is 0 Å². The highest BCUT2D eigenvalue weighted by Crippen LogP contribution is 2.18. The van der Waals surface area contributed by atoms with Gasteiger partial charge in [-0.25, -0.2) is 4.39 Å². The maximum absolute atomic E-state index is 13.6. The van der Waals surface area contributed by atoms with Crippen LogP contribution in [0.4, 0.5) is 10.1 Å². The van der Waals surface area contributed by atoms with E-state index in [0.717, 1.165) is 6.42 Å². The highest BCUT2D eigenvalue weighted by molar-refractivity contribution is 5.57. The minimum Gasteiger partial charge on any atom is -0.382 e. The molecule has 0 aliphatic carbocycles. The molecule has 0 heterocycles. The van der Waals surface area contributed by atoms with Crippen LogP contribution in [0.3, 0.4) is 0 Å². The fraction of sp³-hybridized carbons (Fsp3) is 0.278. The van der Waals surface area contributed by atoms with Crippen molar-refractivity contribution < 1.29 is 4.39 Å². The van der Waals surface area contributed by atoms with Crippen molar-refractivity contribution in [2.75, 3.05) is 26.0 Å². The number of nitrogens with one attached hydrogen (secondary N) is 1. The number of benzene rings is 2. The second-order valence-corrected chi connectivity index (χ2v) is 5.46. The molecule has 0 aliphatic rings. The lowest BCUT2D eigenvalue weighted by Gasteiger charge is -2.25. The van der Waals surface area contributed by atoms with Crippen molar-refractivity contribution in [3.8, 4) is 6.07 Å². The zero-order valence-corrected chi connectivity index (χ0v) is 12.9. The molecule has 2 aromatic rings. The molecule has 0 aliphatic heterocycles. The van der Waals surface area contributed by atoms with Gasteiger partial charge in [0.2, 0.25) is 0 Å². The molecule has 2 rings (SSSR count). The van der Waals surface area contributed by atoms with Crippen molar-refractivity contribution in [3.05, 3.63) is 65.5 Å². The molecule has 3 nitrogen and oxygen atoms in total. The first-order valence-corrected chi connectivity index (χ1v) is 7.24. The largest absolute Gasteiger partial charge is 0.382 e. The quantitative estimate of drug-likeness (QED) is 0.889. The average Bonchev–Trinajstić information content (AvgIpc) is 2.52. The smallest absolute Gasteiger partial charge is 0.143 e. The van der Waals surface area contributed by atoms with Crippen molar-refractivity contribution >= 4 is 5.69 Å². The van der Waals surface area contributed by atoms with Crippen LogP contribution >= 0.6 is 0 Å². The number of anilines is 1. The number of nitriles is 1. The third-order valence-corrected chi connectivity index (χ3v) is 3.70. The Bertz CT molecular complexity index is 647. The predicted molar refractivity (Wildman–Crippen MR) is 87.2 cm³/mol. The molecule has 1 atom stereocenters. The number of halogens is 1. The van der Waals surface area contributed by atoms with Crippen molar-refractivity contribution in [1.82, 2.24) is 4.90 Å². The van der Waals surface area contributed by atoms with Crippen LogP contribution < -0.4 is 5.32 Å². The van der Waals surface area contributed by atoms with Crippen LogP contribution in [0.2, 0.25) is 0 Å². The molecule has 0 radical (unpaired) electrons. The molecular formula is C18H20FN3. The molecule has 0 fully saturated rings. The lowest BCUT2D eigenvalue weighted by atomic mass is 10.0. The SMILES string of the molecule is CN(C)C(CNc1cccc(F)c1C#N)Cc1ccccc1. The summed E-state index contributed by atoms with van der Waals surface area (Å²) < 4.78 is 13.6. The first-order chi connectivity index (χ1) is 10.6.